The second-order valence-corrected chi connectivity index (χ2v) is 26.3. The molecule has 4 atom stereocenters. The number of benzene rings is 6. The summed E-state index contributed by atoms with van der Waals surface area (Å²) in [7, 11) is 20.2. The number of ketones is 1. The molecule has 8 rings (SSSR count). The Morgan fingerprint density at radius 3 is 1.16 bits per heavy atom. The van der Waals surface area contributed by atoms with Crippen molar-refractivity contribution in [2.75, 3.05) is 124 Å². The van der Waals surface area contributed by atoms with Gasteiger partial charge in [0.05, 0.1) is 79.0 Å². The summed E-state index contributed by atoms with van der Waals surface area (Å²) in [5, 5.41) is 46.0. The standard InChI is InChI=1S/C24H31NO6.C20H27NO3.C15H16O2.C10H19NO4.C5H13NO.2C4H4O3/c1-25(2)16-21(31-24(28)14-13-23(26)27)17-30-22-10-5-4-8-19(22)12-11-18-7-6-9-20(15-18)29-3;1-21(2)14-18(22)15-24-20-10-5-4-8-17(20)12-11-16-7-6-9-19(13-16)23-3;1-17-14-7-4-5-12(11-14)9-10-13-6-2-3-8-15(13)16;1-8(13)4-5-10(14)15-9(7-12)6-11(2)3;1-5(7)4-6(2)3;2*5-3-1-2-4(6)7-3/h4-10,15,21H,11-14,16-17H2,1-3H3,(H,26,27);4-10,13,18,22H,11-12,14-15H2,1-3H3;2-8,11,16H,9-10H2,1H3;9,12H,4-7H2,1-3H3;5,7H,4H2,1-3H3;2*1-2H2/p+1/t21-;18-;;;;;/m00...../s1. The number of cyclic esters (lactones) is 4. The molecule has 2 heterocycles. The summed E-state index contributed by atoms with van der Waals surface area (Å²) in [6, 6.07) is 47.4. The highest BCUT2D eigenvalue weighted by Crippen LogP contribution is 2.25. The molecular formula is C82H115N4O22+. The number of carboxylic acid groups (broad SMARTS) is 1. The van der Waals surface area contributed by atoms with Gasteiger partial charge in [0.1, 0.15) is 71.8 Å². The number of carbonyl (C=O) groups is 8. The topological polar surface area (TPSA) is 334 Å². The second kappa shape index (κ2) is 54.7. The van der Waals surface area contributed by atoms with Crippen LogP contribution in [0.5, 0.6) is 34.5 Å². The third kappa shape index (κ3) is 45.6. The predicted octanol–water partition coefficient (Wildman–Crippen LogP) is 8.73. The number of hydrogen-bond donors (Lipinski definition) is 5. The molecule has 5 N–H and O–H groups in total. The number of Topliss-reactive ketones (excluding diaryl/α,β-unsaturated/α-hetero) is 1. The maximum Gasteiger partial charge on any atom is 1.00 e. The van der Waals surface area contributed by atoms with E-state index in [1.165, 1.54) is 23.6 Å². The number of hydrogen-bond acceptors (Lipinski definition) is 25. The van der Waals surface area contributed by atoms with Crippen molar-refractivity contribution in [3.05, 3.63) is 179 Å². The van der Waals surface area contributed by atoms with Crippen molar-refractivity contribution in [2.45, 2.75) is 128 Å². The predicted molar refractivity (Wildman–Crippen MR) is 410 cm³/mol. The first-order chi connectivity index (χ1) is 51.4. The lowest BCUT2D eigenvalue weighted by molar-refractivity contribution is -0.154. The van der Waals surface area contributed by atoms with Crippen LogP contribution in [0.3, 0.4) is 0 Å². The number of carbonyl (C=O) groups excluding carboxylic acids is 7. The third-order valence-electron chi connectivity index (χ3n) is 15.1. The van der Waals surface area contributed by atoms with Crippen LogP contribution < -0.4 is 23.7 Å². The molecule has 0 aliphatic carbocycles. The fraction of sp³-hybridized carbons (Fsp3) is 0.463. The van der Waals surface area contributed by atoms with Gasteiger partial charge in [0.15, 0.2) is 0 Å². The van der Waals surface area contributed by atoms with Crippen molar-refractivity contribution in [3.8, 4) is 34.5 Å². The molecule has 2 saturated heterocycles. The molecule has 0 amide bonds. The lowest BCUT2D eigenvalue weighted by Crippen LogP contribution is -2.35. The summed E-state index contributed by atoms with van der Waals surface area (Å²) in [5.41, 5.74) is 6.82. The molecule has 6 aromatic rings. The molecule has 594 valence electrons. The summed E-state index contributed by atoms with van der Waals surface area (Å²) in [6.45, 7) is 5.78. The van der Waals surface area contributed by atoms with Gasteiger partial charge in [-0.1, -0.05) is 91.0 Å². The van der Waals surface area contributed by atoms with Crippen LogP contribution in [0.4, 0.5) is 0 Å². The Hall–Kier alpha value is -9.80. The van der Waals surface area contributed by atoms with Gasteiger partial charge in [-0.25, -0.2) is 0 Å². The van der Waals surface area contributed by atoms with E-state index in [1.807, 2.05) is 185 Å². The minimum atomic E-state index is -1.03. The molecule has 6 aromatic carbocycles. The van der Waals surface area contributed by atoms with Crippen molar-refractivity contribution in [2.24, 2.45) is 0 Å². The number of aliphatic hydroxyl groups excluding tert-OH is 3. The van der Waals surface area contributed by atoms with Gasteiger partial charge in [-0.3, -0.25) is 33.6 Å². The Bertz CT molecular complexity index is 3560. The van der Waals surface area contributed by atoms with Gasteiger partial charge in [0, 0.05) is 32.6 Å². The van der Waals surface area contributed by atoms with Gasteiger partial charge < -0.3 is 92.6 Å². The number of esters is 6. The summed E-state index contributed by atoms with van der Waals surface area (Å²) >= 11 is 0. The molecule has 2 unspecified atom stereocenters. The normalized spacial score (nSPS) is 13.0. The number of nitrogens with zero attached hydrogens (tertiary/aromatic N) is 4. The van der Waals surface area contributed by atoms with Crippen LogP contribution in [0, 0.1) is 0 Å². The van der Waals surface area contributed by atoms with Gasteiger partial charge in [-0.2, -0.15) is 0 Å². The average molecular weight is 1510 g/mol. The molecule has 0 saturated carbocycles. The number of aliphatic hydroxyl groups is 3. The number of methoxy groups -OCH3 is 3. The highest BCUT2D eigenvalue weighted by molar-refractivity contribution is 5.93. The molecule has 0 bridgehead atoms. The van der Waals surface area contributed by atoms with Crippen molar-refractivity contribution in [1.82, 2.24) is 19.6 Å². The van der Waals surface area contributed by atoms with Crippen molar-refractivity contribution in [1.29, 1.82) is 0 Å². The van der Waals surface area contributed by atoms with Gasteiger partial charge >= 0.3 is 43.2 Å². The molecule has 0 aromatic heterocycles. The number of phenolic OH excluding ortho intramolecular Hbond substituents is 1. The van der Waals surface area contributed by atoms with Gasteiger partial charge in [-0.05, 0) is 197 Å². The van der Waals surface area contributed by atoms with E-state index >= 15 is 0 Å². The highest BCUT2D eigenvalue weighted by Gasteiger charge is 2.22. The van der Waals surface area contributed by atoms with Gasteiger partial charge in [-0.15, -0.1) is 0 Å². The number of phenols is 1. The fourth-order valence-electron chi connectivity index (χ4n) is 10.0. The average Bonchev–Trinajstić information content (AvgIpc) is 1.78. The van der Waals surface area contributed by atoms with E-state index in [-0.39, 0.29) is 77.9 Å². The summed E-state index contributed by atoms with van der Waals surface area (Å²) in [4.78, 5) is 92.1. The summed E-state index contributed by atoms with van der Waals surface area (Å²) in [5.74, 6) is 0.911. The van der Waals surface area contributed by atoms with Crippen LogP contribution in [-0.2, 0) is 95.8 Å². The number of aryl methyl sites for hydroxylation is 6. The number of aliphatic carboxylic acids is 1. The number of rotatable bonds is 35. The number of ether oxygens (including phenoxy) is 9. The minimum Gasteiger partial charge on any atom is -0.508 e. The molecule has 108 heavy (non-hydrogen) atoms. The molecule has 2 aliphatic heterocycles. The Morgan fingerprint density at radius 2 is 0.815 bits per heavy atom. The van der Waals surface area contributed by atoms with Gasteiger partial charge in [0.25, 0.3) is 0 Å². The zero-order valence-corrected chi connectivity index (χ0v) is 65.0. The second-order valence-electron chi connectivity index (χ2n) is 26.3. The highest BCUT2D eigenvalue weighted by atomic mass is 16.6. The van der Waals surface area contributed by atoms with Crippen LogP contribution in [0.25, 0.3) is 0 Å². The zero-order chi connectivity index (χ0) is 80.3. The number of likely N-dealkylation sites (N-methyl/N-ethyl adjacent to an activating group) is 4. The van der Waals surface area contributed by atoms with Gasteiger partial charge in [0.2, 0.25) is 0 Å². The van der Waals surface area contributed by atoms with E-state index in [2.05, 4.69) is 39.8 Å². The first kappa shape index (κ1) is 94.3. The number of aromatic hydroxyl groups is 1. The molecule has 0 radical (unpaired) electrons. The molecule has 2 fully saturated rings. The quantitative estimate of drug-likeness (QED) is 0.0141. The first-order valence-corrected chi connectivity index (χ1v) is 35.6. The van der Waals surface area contributed by atoms with E-state index < -0.39 is 60.1 Å². The molecular weight excluding hydrogens is 1390 g/mol. The first-order valence-electron chi connectivity index (χ1n) is 35.6. The van der Waals surface area contributed by atoms with E-state index in [4.69, 9.17) is 48.5 Å². The molecule has 2 aliphatic rings. The Morgan fingerprint density at radius 1 is 0.454 bits per heavy atom. The largest absolute Gasteiger partial charge is 1.00 e. The maximum absolute atomic E-state index is 12.0. The SMILES string of the molecule is CC(=O)CCC(=O)OC(CO)CN(C)C.CC(O)CN(C)C.COc1cccc(CCc2ccccc2O)c1.COc1cccc(CCc2ccccc2OC[C@@H](O)CN(C)C)c1.COc1cccc(CCc2ccccc2OC[C@H](CN(C)C)OC(=O)CCC(=O)O)c1.O=C1CCC(=O)O1.O=C1CCC(=O)O1.[H+]. The van der Waals surface area contributed by atoms with Crippen LogP contribution in [0.15, 0.2) is 146 Å². The third-order valence-corrected chi connectivity index (χ3v) is 15.1. The van der Waals surface area contributed by atoms with E-state index in [0.29, 0.717) is 32.0 Å². The van der Waals surface area contributed by atoms with Crippen LogP contribution in [-0.4, -0.2) is 241 Å². The smallest absolute Gasteiger partial charge is 0.508 e. The van der Waals surface area contributed by atoms with Crippen molar-refractivity contribution in [3.63, 3.8) is 0 Å². The monoisotopic (exact) mass is 1510 g/mol. The molecule has 26 nitrogen and oxygen atoms in total. The Kier molecular flexibility index (Phi) is 47.8. The minimum absolute atomic E-state index is 0. The lowest BCUT2D eigenvalue weighted by Gasteiger charge is -2.22. The molecule has 26 heteroatoms. The van der Waals surface area contributed by atoms with Crippen LogP contribution in [0.1, 0.15) is 100 Å². The van der Waals surface area contributed by atoms with Crippen molar-refractivity contribution >= 4 is 47.6 Å². The summed E-state index contributed by atoms with van der Waals surface area (Å²) < 4.78 is 46.2. The van der Waals surface area contributed by atoms with Crippen molar-refractivity contribution < 1.29 is 108 Å². The van der Waals surface area contributed by atoms with Crippen LogP contribution >= 0.6 is 0 Å². The zero-order valence-electron chi connectivity index (χ0n) is 66.0. The maximum atomic E-state index is 12.0. The van der Waals surface area contributed by atoms with E-state index in [9.17, 15) is 48.6 Å². The Labute approximate surface area is 637 Å². The summed E-state index contributed by atoms with van der Waals surface area (Å²) in [6.07, 6.45) is 4.37. The van der Waals surface area contributed by atoms with E-state index in [1.54, 1.807) is 34.3 Å². The molecule has 0 spiro atoms. The van der Waals surface area contributed by atoms with Crippen LogP contribution in [0.2, 0.25) is 0 Å². The number of para-hydroxylation sites is 3. The lowest BCUT2D eigenvalue weighted by atomic mass is 10.0. The van der Waals surface area contributed by atoms with E-state index in [0.717, 1.165) is 90.5 Å². The Balaban J connectivity index is 0.000000679. The fourth-order valence-corrected chi connectivity index (χ4v) is 10.0. The number of carboxylic acids is 1.